The van der Waals surface area contributed by atoms with Crippen LogP contribution in [0.5, 0.6) is 0 Å². The second kappa shape index (κ2) is 7.13. The van der Waals surface area contributed by atoms with Crippen LogP contribution in [0.3, 0.4) is 0 Å². The van der Waals surface area contributed by atoms with Gasteiger partial charge in [0, 0.05) is 25.6 Å². The molecule has 1 aliphatic rings. The van der Waals surface area contributed by atoms with Gasteiger partial charge in [0.1, 0.15) is 0 Å². The van der Waals surface area contributed by atoms with Gasteiger partial charge in [-0.2, -0.15) is 0 Å². The fourth-order valence-electron chi connectivity index (χ4n) is 2.44. The number of amides is 1. The summed E-state index contributed by atoms with van der Waals surface area (Å²) in [6.45, 7) is 3.87. The Bertz CT molecular complexity index is 217. The molecule has 0 aliphatic heterocycles. The predicted octanol–water partition coefficient (Wildman–Crippen LogP) is 2.06. The van der Waals surface area contributed by atoms with E-state index in [1.54, 1.807) is 0 Å². The molecule has 1 amide bonds. The van der Waals surface area contributed by atoms with Crippen molar-refractivity contribution in [2.24, 2.45) is 5.41 Å². The second-order valence-corrected chi connectivity index (χ2v) is 4.71. The summed E-state index contributed by atoms with van der Waals surface area (Å²) in [5.41, 5.74) is 0.0112. The van der Waals surface area contributed by atoms with Gasteiger partial charge in [-0.25, -0.2) is 0 Å². The summed E-state index contributed by atoms with van der Waals surface area (Å²) < 4.78 is 0. The first-order valence-corrected chi connectivity index (χ1v) is 6.06. The summed E-state index contributed by atoms with van der Waals surface area (Å²) in [7, 11) is 3.85. The minimum absolute atomic E-state index is 0. The Labute approximate surface area is 105 Å². The summed E-state index contributed by atoms with van der Waals surface area (Å²) in [4.78, 5) is 14.1. The molecule has 96 valence electrons. The van der Waals surface area contributed by atoms with E-state index >= 15 is 0 Å². The standard InChI is InChI=1S/C12H24N2O.ClH/c1-4-6-12(7-5-8-12)11(15)14(3)10-9-13-2;/h13H,4-10H2,1-3H3;1H. The molecule has 0 aromatic carbocycles. The maximum absolute atomic E-state index is 12.2. The van der Waals surface area contributed by atoms with E-state index in [0.717, 1.165) is 38.8 Å². The molecular formula is C12H25ClN2O. The first-order valence-electron chi connectivity index (χ1n) is 6.06. The lowest BCUT2D eigenvalue weighted by atomic mass is 9.65. The van der Waals surface area contributed by atoms with Crippen molar-refractivity contribution in [1.29, 1.82) is 0 Å². The minimum Gasteiger partial charge on any atom is -0.344 e. The minimum atomic E-state index is 0. The molecule has 4 heteroatoms. The van der Waals surface area contributed by atoms with E-state index in [9.17, 15) is 4.79 Å². The van der Waals surface area contributed by atoms with Gasteiger partial charge < -0.3 is 10.2 Å². The number of nitrogens with zero attached hydrogens (tertiary/aromatic N) is 1. The molecule has 0 spiro atoms. The lowest BCUT2D eigenvalue weighted by molar-refractivity contribution is -0.146. The van der Waals surface area contributed by atoms with Crippen molar-refractivity contribution in [3.8, 4) is 0 Å². The number of nitrogens with one attached hydrogen (secondary N) is 1. The zero-order chi connectivity index (χ0) is 11.3. The molecule has 1 fully saturated rings. The van der Waals surface area contributed by atoms with Crippen molar-refractivity contribution in [3.63, 3.8) is 0 Å². The van der Waals surface area contributed by atoms with Crippen molar-refractivity contribution < 1.29 is 4.79 Å². The number of hydrogen-bond acceptors (Lipinski definition) is 2. The van der Waals surface area contributed by atoms with Gasteiger partial charge >= 0.3 is 0 Å². The van der Waals surface area contributed by atoms with Gasteiger partial charge in [0.25, 0.3) is 0 Å². The van der Waals surface area contributed by atoms with E-state index in [2.05, 4.69) is 12.2 Å². The zero-order valence-corrected chi connectivity index (χ0v) is 11.5. The maximum Gasteiger partial charge on any atom is 0.228 e. The third kappa shape index (κ3) is 3.36. The van der Waals surface area contributed by atoms with Crippen LogP contribution < -0.4 is 5.32 Å². The fourth-order valence-corrected chi connectivity index (χ4v) is 2.44. The topological polar surface area (TPSA) is 32.3 Å². The Morgan fingerprint density at radius 1 is 1.44 bits per heavy atom. The summed E-state index contributed by atoms with van der Waals surface area (Å²) in [6, 6.07) is 0. The van der Waals surface area contributed by atoms with Crippen LogP contribution in [0.1, 0.15) is 39.0 Å². The third-order valence-corrected chi connectivity index (χ3v) is 3.54. The van der Waals surface area contributed by atoms with Crippen LogP contribution >= 0.6 is 12.4 Å². The Balaban J connectivity index is 0.00000225. The average molecular weight is 249 g/mol. The highest BCUT2D eigenvalue weighted by molar-refractivity contribution is 5.85. The summed E-state index contributed by atoms with van der Waals surface area (Å²) >= 11 is 0. The zero-order valence-electron chi connectivity index (χ0n) is 10.7. The van der Waals surface area contributed by atoms with E-state index in [1.165, 1.54) is 6.42 Å². The molecule has 16 heavy (non-hydrogen) atoms. The fraction of sp³-hybridized carbons (Fsp3) is 0.917. The van der Waals surface area contributed by atoms with Crippen molar-refractivity contribution in [1.82, 2.24) is 10.2 Å². The highest BCUT2D eigenvalue weighted by Gasteiger charge is 2.44. The largest absolute Gasteiger partial charge is 0.344 e. The average Bonchev–Trinajstić information content (AvgIpc) is 2.19. The monoisotopic (exact) mass is 248 g/mol. The first-order chi connectivity index (χ1) is 7.16. The SMILES string of the molecule is CCCC1(C(=O)N(C)CCNC)CCC1.Cl. The van der Waals surface area contributed by atoms with Crippen LogP contribution in [-0.4, -0.2) is 38.0 Å². The number of halogens is 1. The van der Waals surface area contributed by atoms with E-state index in [-0.39, 0.29) is 17.8 Å². The van der Waals surface area contributed by atoms with Crippen molar-refractivity contribution in [3.05, 3.63) is 0 Å². The Hall–Kier alpha value is -0.280. The lowest BCUT2D eigenvalue weighted by Crippen LogP contribution is -2.47. The molecule has 0 radical (unpaired) electrons. The van der Waals surface area contributed by atoms with E-state index < -0.39 is 0 Å². The Morgan fingerprint density at radius 2 is 2.06 bits per heavy atom. The molecule has 1 rings (SSSR count). The quantitative estimate of drug-likeness (QED) is 0.781. The maximum atomic E-state index is 12.2. The van der Waals surface area contributed by atoms with Crippen LogP contribution in [0.2, 0.25) is 0 Å². The first kappa shape index (κ1) is 15.7. The van der Waals surface area contributed by atoms with Crippen molar-refractivity contribution in [2.45, 2.75) is 39.0 Å². The summed E-state index contributed by atoms with van der Waals surface area (Å²) in [5.74, 6) is 0.367. The lowest BCUT2D eigenvalue weighted by Gasteiger charge is -2.42. The molecule has 0 saturated heterocycles. The molecule has 0 heterocycles. The van der Waals surface area contributed by atoms with Crippen molar-refractivity contribution >= 4 is 18.3 Å². The van der Waals surface area contributed by atoms with Crippen molar-refractivity contribution in [2.75, 3.05) is 27.2 Å². The van der Waals surface area contributed by atoms with Gasteiger partial charge in [-0.1, -0.05) is 19.8 Å². The van der Waals surface area contributed by atoms with E-state index in [1.807, 2.05) is 19.0 Å². The van der Waals surface area contributed by atoms with Gasteiger partial charge in [-0.15, -0.1) is 12.4 Å². The van der Waals surface area contributed by atoms with Gasteiger partial charge in [0.2, 0.25) is 5.91 Å². The number of rotatable bonds is 6. The van der Waals surface area contributed by atoms with Gasteiger partial charge in [-0.05, 0) is 26.3 Å². The predicted molar refractivity (Wildman–Crippen MR) is 70.0 cm³/mol. The summed E-state index contributed by atoms with van der Waals surface area (Å²) in [5, 5.41) is 3.08. The van der Waals surface area contributed by atoms with Crippen LogP contribution in [0.15, 0.2) is 0 Å². The smallest absolute Gasteiger partial charge is 0.228 e. The highest BCUT2D eigenvalue weighted by Crippen LogP contribution is 2.46. The molecule has 0 unspecified atom stereocenters. The molecular weight excluding hydrogens is 224 g/mol. The highest BCUT2D eigenvalue weighted by atomic mass is 35.5. The van der Waals surface area contributed by atoms with E-state index in [0.29, 0.717) is 5.91 Å². The molecule has 0 aromatic heterocycles. The van der Waals surface area contributed by atoms with Crippen LogP contribution in [0.25, 0.3) is 0 Å². The Morgan fingerprint density at radius 3 is 2.44 bits per heavy atom. The van der Waals surface area contributed by atoms with Gasteiger partial charge in [0.05, 0.1) is 0 Å². The Kier molecular flexibility index (Phi) is 7.00. The van der Waals surface area contributed by atoms with E-state index in [4.69, 9.17) is 0 Å². The molecule has 3 nitrogen and oxygen atoms in total. The molecule has 0 atom stereocenters. The molecule has 1 aliphatic carbocycles. The van der Waals surface area contributed by atoms with Gasteiger partial charge in [0.15, 0.2) is 0 Å². The normalized spacial score (nSPS) is 17.2. The van der Waals surface area contributed by atoms with Crippen LogP contribution in [0.4, 0.5) is 0 Å². The molecule has 0 aromatic rings. The van der Waals surface area contributed by atoms with Crippen LogP contribution in [0, 0.1) is 5.41 Å². The number of likely N-dealkylation sites (N-methyl/N-ethyl adjacent to an activating group) is 2. The molecule has 1 N–H and O–H groups in total. The van der Waals surface area contributed by atoms with Gasteiger partial charge in [-0.3, -0.25) is 4.79 Å². The number of carbonyl (C=O) groups excluding carboxylic acids is 1. The van der Waals surface area contributed by atoms with Crippen LogP contribution in [-0.2, 0) is 4.79 Å². The second-order valence-electron chi connectivity index (χ2n) is 4.71. The number of hydrogen-bond donors (Lipinski definition) is 1. The molecule has 1 saturated carbocycles. The third-order valence-electron chi connectivity index (χ3n) is 3.54. The number of carbonyl (C=O) groups is 1. The summed E-state index contributed by atoms with van der Waals surface area (Å²) in [6.07, 6.45) is 5.61. The molecule has 0 bridgehead atoms.